The Bertz CT molecular complexity index is 864. The Balaban J connectivity index is 1.30. The van der Waals surface area contributed by atoms with Gasteiger partial charge in [-0.1, -0.05) is 18.2 Å². The number of nitrogens with one attached hydrogen (secondary N) is 2. The van der Waals surface area contributed by atoms with Crippen LogP contribution in [0.5, 0.6) is 0 Å². The SMILES string of the molecule is Cc1ccccc1C(=O)NC1CCN(C(=O)c2ccn(C3CCCNC3)n2)CC1. The minimum atomic E-state index is -0.0345. The highest BCUT2D eigenvalue weighted by molar-refractivity contribution is 5.96. The highest BCUT2D eigenvalue weighted by Crippen LogP contribution is 2.18. The second-order valence-corrected chi connectivity index (χ2v) is 8.04. The summed E-state index contributed by atoms with van der Waals surface area (Å²) >= 11 is 0. The van der Waals surface area contributed by atoms with E-state index in [2.05, 4.69) is 15.7 Å². The fraction of sp³-hybridized carbons (Fsp3) is 0.500. The monoisotopic (exact) mass is 395 g/mol. The summed E-state index contributed by atoms with van der Waals surface area (Å²) in [7, 11) is 0. The van der Waals surface area contributed by atoms with E-state index < -0.39 is 0 Å². The highest BCUT2D eigenvalue weighted by atomic mass is 16.2. The second-order valence-electron chi connectivity index (χ2n) is 8.04. The quantitative estimate of drug-likeness (QED) is 0.831. The van der Waals surface area contributed by atoms with Gasteiger partial charge in [0.2, 0.25) is 0 Å². The third kappa shape index (κ3) is 4.50. The van der Waals surface area contributed by atoms with Gasteiger partial charge in [-0.25, -0.2) is 0 Å². The van der Waals surface area contributed by atoms with Gasteiger partial charge in [-0.05, 0) is 56.8 Å². The molecule has 1 aromatic carbocycles. The van der Waals surface area contributed by atoms with Crippen molar-refractivity contribution in [3.05, 3.63) is 53.3 Å². The molecule has 2 amide bonds. The third-order valence-electron chi connectivity index (χ3n) is 5.98. The van der Waals surface area contributed by atoms with Crippen LogP contribution in [0, 0.1) is 6.92 Å². The maximum absolute atomic E-state index is 12.8. The van der Waals surface area contributed by atoms with Gasteiger partial charge in [-0.2, -0.15) is 5.10 Å². The van der Waals surface area contributed by atoms with E-state index in [-0.39, 0.29) is 17.9 Å². The van der Waals surface area contributed by atoms with Crippen molar-refractivity contribution in [3.8, 4) is 0 Å². The topological polar surface area (TPSA) is 79.3 Å². The summed E-state index contributed by atoms with van der Waals surface area (Å²) in [6.07, 6.45) is 5.66. The summed E-state index contributed by atoms with van der Waals surface area (Å²) in [6.45, 7) is 5.17. The molecule has 0 bridgehead atoms. The predicted octanol–water partition coefficient (Wildman–Crippen LogP) is 2.15. The van der Waals surface area contributed by atoms with Crippen LogP contribution in [-0.2, 0) is 0 Å². The molecule has 2 fully saturated rings. The van der Waals surface area contributed by atoms with Crippen molar-refractivity contribution in [2.24, 2.45) is 0 Å². The molecule has 0 radical (unpaired) electrons. The molecule has 3 heterocycles. The van der Waals surface area contributed by atoms with Crippen LogP contribution in [0.25, 0.3) is 0 Å². The number of rotatable bonds is 4. The van der Waals surface area contributed by atoms with E-state index in [1.54, 1.807) is 0 Å². The van der Waals surface area contributed by atoms with Gasteiger partial charge in [0, 0.05) is 37.4 Å². The number of hydrogen-bond acceptors (Lipinski definition) is 4. The molecule has 7 heteroatoms. The predicted molar refractivity (Wildman–Crippen MR) is 111 cm³/mol. The van der Waals surface area contributed by atoms with E-state index in [1.165, 1.54) is 0 Å². The lowest BCUT2D eigenvalue weighted by molar-refractivity contribution is 0.0691. The number of carbonyl (C=O) groups is 2. The average Bonchev–Trinajstić information content (AvgIpc) is 3.25. The van der Waals surface area contributed by atoms with Gasteiger partial charge in [0.25, 0.3) is 11.8 Å². The van der Waals surface area contributed by atoms with E-state index in [4.69, 9.17) is 0 Å². The fourth-order valence-corrected chi connectivity index (χ4v) is 4.19. The van der Waals surface area contributed by atoms with Gasteiger partial charge in [0.1, 0.15) is 5.69 Å². The molecule has 2 aliphatic rings. The van der Waals surface area contributed by atoms with Crippen molar-refractivity contribution in [2.45, 2.75) is 44.7 Å². The van der Waals surface area contributed by atoms with E-state index >= 15 is 0 Å². The molecule has 0 aliphatic carbocycles. The lowest BCUT2D eigenvalue weighted by atomic mass is 10.0. The molecule has 2 N–H and O–H groups in total. The van der Waals surface area contributed by atoms with Crippen molar-refractivity contribution < 1.29 is 9.59 Å². The minimum absolute atomic E-state index is 0.0174. The maximum Gasteiger partial charge on any atom is 0.274 e. The Kier molecular flexibility index (Phi) is 5.94. The number of aryl methyl sites for hydroxylation is 1. The standard InChI is InChI=1S/C22H29N5O2/c1-16-5-2-3-7-19(16)21(28)24-17-8-12-26(13-9-17)22(29)20-10-14-27(25-20)18-6-4-11-23-15-18/h2-3,5,7,10,14,17-18,23H,4,6,8-9,11-13,15H2,1H3,(H,24,28). The normalized spacial score (nSPS) is 20.4. The molecule has 2 saturated heterocycles. The first-order chi connectivity index (χ1) is 14.1. The number of amides is 2. The summed E-state index contributed by atoms with van der Waals surface area (Å²) in [6, 6.07) is 9.85. The zero-order valence-electron chi connectivity index (χ0n) is 16.9. The molecular formula is C22H29N5O2. The fourth-order valence-electron chi connectivity index (χ4n) is 4.19. The lowest BCUT2D eigenvalue weighted by Gasteiger charge is -2.32. The Morgan fingerprint density at radius 3 is 2.66 bits per heavy atom. The van der Waals surface area contributed by atoms with Crippen LogP contribution in [0.3, 0.4) is 0 Å². The second kappa shape index (κ2) is 8.78. The molecule has 29 heavy (non-hydrogen) atoms. The van der Waals surface area contributed by atoms with Crippen molar-refractivity contribution in [3.63, 3.8) is 0 Å². The first kappa shape index (κ1) is 19.6. The molecule has 0 spiro atoms. The maximum atomic E-state index is 12.8. The molecular weight excluding hydrogens is 366 g/mol. The summed E-state index contributed by atoms with van der Waals surface area (Å²) in [4.78, 5) is 27.2. The third-order valence-corrected chi connectivity index (χ3v) is 5.98. The van der Waals surface area contributed by atoms with E-state index in [0.717, 1.165) is 44.3 Å². The van der Waals surface area contributed by atoms with Crippen LogP contribution < -0.4 is 10.6 Å². The Hall–Kier alpha value is -2.67. The van der Waals surface area contributed by atoms with Crippen molar-refractivity contribution in [1.29, 1.82) is 0 Å². The number of carbonyl (C=O) groups excluding carboxylic acids is 2. The van der Waals surface area contributed by atoms with Crippen LogP contribution in [0.4, 0.5) is 0 Å². The summed E-state index contributed by atoms with van der Waals surface area (Å²) in [5.41, 5.74) is 2.20. The largest absolute Gasteiger partial charge is 0.349 e. The molecule has 0 saturated carbocycles. The van der Waals surface area contributed by atoms with Gasteiger partial charge in [-0.3, -0.25) is 14.3 Å². The average molecular weight is 396 g/mol. The van der Waals surface area contributed by atoms with Crippen LogP contribution >= 0.6 is 0 Å². The van der Waals surface area contributed by atoms with E-state index in [9.17, 15) is 9.59 Å². The number of aromatic nitrogens is 2. The van der Waals surface area contributed by atoms with Gasteiger partial charge in [-0.15, -0.1) is 0 Å². The van der Waals surface area contributed by atoms with Crippen molar-refractivity contribution in [1.82, 2.24) is 25.3 Å². The first-order valence-corrected chi connectivity index (χ1v) is 10.5. The van der Waals surface area contributed by atoms with Crippen molar-refractivity contribution in [2.75, 3.05) is 26.2 Å². The summed E-state index contributed by atoms with van der Waals surface area (Å²) in [5, 5.41) is 11.0. The molecule has 4 rings (SSSR count). The Morgan fingerprint density at radius 1 is 1.14 bits per heavy atom. The zero-order chi connectivity index (χ0) is 20.2. The lowest BCUT2D eigenvalue weighted by Crippen LogP contribution is -2.46. The number of nitrogens with zero attached hydrogens (tertiary/aromatic N) is 3. The van der Waals surface area contributed by atoms with Crippen LogP contribution in [0.1, 0.15) is 58.1 Å². The molecule has 7 nitrogen and oxygen atoms in total. The molecule has 1 atom stereocenters. The number of hydrogen-bond donors (Lipinski definition) is 2. The smallest absolute Gasteiger partial charge is 0.274 e. The number of likely N-dealkylation sites (tertiary alicyclic amines) is 1. The first-order valence-electron chi connectivity index (χ1n) is 10.5. The summed E-state index contributed by atoms with van der Waals surface area (Å²) in [5.74, 6) is -0.0519. The molecule has 154 valence electrons. The van der Waals surface area contributed by atoms with E-state index in [1.807, 2.05) is 53.0 Å². The molecule has 1 unspecified atom stereocenters. The van der Waals surface area contributed by atoms with Crippen LogP contribution in [-0.4, -0.2) is 58.7 Å². The number of piperidine rings is 2. The zero-order valence-corrected chi connectivity index (χ0v) is 16.9. The molecule has 1 aromatic heterocycles. The summed E-state index contributed by atoms with van der Waals surface area (Å²) < 4.78 is 1.93. The number of benzene rings is 1. The van der Waals surface area contributed by atoms with Crippen LogP contribution in [0.15, 0.2) is 36.5 Å². The van der Waals surface area contributed by atoms with Gasteiger partial charge < -0.3 is 15.5 Å². The van der Waals surface area contributed by atoms with E-state index in [0.29, 0.717) is 30.4 Å². The Labute approximate surface area is 171 Å². The highest BCUT2D eigenvalue weighted by Gasteiger charge is 2.27. The van der Waals surface area contributed by atoms with Crippen molar-refractivity contribution >= 4 is 11.8 Å². The van der Waals surface area contributed by atoms with Gasteiger partial charge >= 0.3 is 0 Å². The van der Waals surface area contributed by atoms with Gasteiger partial charge in [0.15, 0.2) is 0 Å². The minimum Gasteiger partial charge on any atom is -0.349 e. The van der Waals surface area contributed by atoms with Crippen LogP contribution in [0.2, 0.25) is 0 Å². The Morgan fingerprint density at radius 2 is 1.93 bits per heavy atom. The molecule has 2 aromatic rings. The molecule has 2 aliphatic heterocycles. The van der Waals surface area contributed by atoms with Gasteiger partial charge in [0.05, 0.1) is 6.04 Å².